The van der Waals surface area contributed by atoms with Gasteiger partial charge in [-0.3, -0.25) is 4.99 Å². The third-order valence-electron chi connectivity index (χ3n) is 6.35. The van der Waals surface area contributed by atoms with E-state index in [9.17, 15) is 0 Å². The first-order valence-corrected chi connectivity index (χ1v) is 8.43. The highest BCUT2D eigenvalue weighted by Gasteiger charge is 2.66. The summed E-state index contributed by atoms with van der Waals surface area (Å²) in [4.78, 5) is 5.04. The molecule has 3 heteroatoms. The Morgan fingerprint density at radius 2 is 1.53 bits per heavy atom. The van der Waals surface area contributed by atoms with Crippen LogP contribution in [0.4, 0.5) is 0 Å². The van der Waals surface area contributed by atoms with Crippen molar-refractivity contribution in [3.63, 3.8) is 0 Å². The lowest BCUT2D eigenvalue weighted by Crippen LogP contribution is -2.35. The zero-order chi connectivity index (χ0) is 12.8. The summed E-state index contributed by atoms with van der Waals surface area (Å²) in [5.74, 6) is 11.6. The Morgan fingerprint density at radius 1 is 0.895 bits per heavy atom. The maximum Gasteiger partial charge on any atom is 0.114 e. The van der Waals surface area contributed by atoms with E-state index in [1.807, 2.05) is 0 Å². The van der Waals surface area contributed by atoms with Gasteiger partial charge in [0.2, 0.25) is 0 Å². The van der Waals surface area contributed by atoms with Crippen LogP contribution in [0.2, 0.25) is 0 Å². The molecule has 3 nitrogen and oxygen atoms in total. The monoisotopic (exact) mass is 261 g/mol. The van der Waals surface area contributed by atoms with Crippen molar-refractivity contribution in [2.45, 2.75) is 63.8 Å². The van der Waals surface area contributed by atoms with E-state index in [2.05, 4.69) is 5.43 Å². The smallest absolute Gasteiger partial charge is 0.114 e. The first kappa shape index (κ1) is 12.2. The average Bonchev–Trinajstić information content (AvgIpc) is 2.99. The molecule has 0 aromatic carbocycles. The Kier molecular flexibility index (Phi) is 3.06. The molecule has 4 rings (SSSR count). The highest BCUT2D eigenvalue weighted by molar-refractivity contribution is 5.87. The quantitative estimate of drug-likeness (QED) is 0.264. The molecule has 0 heterocycles. The third-order valence-corrected chi connectivity index (χ3v) is 6.35. The summed E-state index contributed by atoms with van der Waals surface area (Å²) in [5.41, 5.74) is 2.98. The van der Waals surface area contributed by atoms with Crippen molar-refractivity contribution >= 4 is 5.84 Å². The minimum Gasteiger partial charge on any atom is -0.312 e. The molecular weight excluding hydrogens is 234 g/mol. The number of nitrogens with one attached hydrogen (secondary N) is 1. The summed E-state index contributed by atoms with van der Waals surface area (Å²) >= 11 is 0. The second-order valence-corrected chi connectivity index (χ2v) is 7.32. The van der Waals surface area contributed by atoms with Crippen molar-refractivity contribution < 1.29 is 0 Å². The van der Waals surface area contributed by atoms with E-state index in [4.69, 9.17) is 10.8 Å². The summed E-state index contributed by atoms with van der Waals surface area (Å²) in [5, 5.41) is 0. The molecule has 106 valence electrons. The molecular formula is C16H27N3. The van der Waals surface area contributed by atoms with Gasteiger partial charge in [-0.25, -0.2) is 5.84 Å². The van der Waals surface area contributed by atoms with Gasteiger partial charge in [-0.1, -0.05) is 25.7 Å². The molecule has 0 amide bonds. The van der Waals surface area contributed by atoms with Gasteiger partial charge >= 0.3 is 0 Å². The van der Waals surface area contributed by atoms with Crippen molar-refractivity contribution in [3.05, 3.63) is 0 Å². The van der Waals surface area contributed by atoms with Crippen molar-refractivity contribution in [1.82, 2.24) is 5.43 Å². The van der Waals surface area contributed by atoms with Crippen molar-refractivity contribution in [2.75, 3.05) is 0 Å². The molecule has 4 unspecified atom stereocenters. The lowest BCUT2D eigenvalue weighted by molar-refractivity contribution is 0.456. The van der Waals surface area contributed by atoms with Crippen LogP contribution in [-0.2, 0) is 0 Å². The van der Waals surface area contributed by atoms with E-state index in [1.165, 1.54) is 63.6 Å². The molecule has 3 N–H and O–H groups in total. The second-order valence-electron chi connectivity index (χ2n) is 7.32. The molecule has 4 atom stereocenters. The predicted octanol–water partition coefficient (Wildman–Crippen LogP) is 2.86. The van der Waals surface area contributed by atoms with E-state index in [0.29, 0.717) is 12.0 Å². The summed E-state index contributed by atoms with van der Waals surface area (Å²) in [6, 6.07) is 0.549. The van der Waals surface area contributed by atoms with Gasteiger partial charge in [0, 0.05) is 5.92 Å². The van der Waals surface area contributed by atoms with Gasteiger partial charge in [-0.2, -0.15) is 0 Å². The zero-order valence-electron chi connectivity index (χ0n) is 11.9. The van der Waals surface area contributed by atoms with E-state index in [1.54, 1.807) is 0 Å². The summed E-state index contributed by atoms with van der Waals surface area (Å²) in [7, 11) is 0. The number of nitrogens with two attached hydrogens (primary N) is 1. The second kappa shape index (κ2) is 4.76. The SMILES string of the molecule is NNC(=NC1CCCCCC1)C1C2C3CCC(C3)C12. The first-order chi connectivity index (χ1) is 9.38. The minimum absolute atomic E-state index is 0.549. The number of hydrazine groups is 1. The Balaban J connectivity index is 1.46. The minimum atomic E-state index is 0.549. The third kappa shape index (κ3) is 2.01. The summed E-state index contributed by atoms with van der Waals surface area (Å²) < 4.78 is 0. The van der Waals surface area contributed by atoms with Crippen molar-refractivity contribution in [1.29, 1.82) is 0 Å². The van der Waals surface area contributed by atoms with Crippen LogP contribution in [0.1, 0.15) is 57.8 Å². The molecule has 4 saturated carbocycles. The Hall–Kier alpha value is -0.570. The van der Waals surface area contributed by atoms with Crippen LogP contribution in [0.5, 0.6) is 0 Å². The highest BCUT2D eigenvalue weighted by Crippen LogP contribution is 2.69. The van der Waals surface area contributed by atoms with Crippen LogP contribution in [0.15, 0.2) is 4.99 Å². The lowest BCUT2D eigenvalue weighted by Gasteiger charge is -2.15. The van der Waals surface area contributed by atoms with Gasteiger partial charge in [-0.15, -0.1) is 0 Å². The Morgan fingerprint density at radius 3 is 2.11 bits per heavy atom. The topological polar surface area (TPSA) is 50.4 Å². The van der Waals surface area contributed by atoms with Crippen LogP contribution in [0.25, 0.3) is 0 Å². The van der Waals surface area contributed by atoms with E-state index in [-0.39, 0.29) is 0 Å². The average molecular weight is 261 g/mol. The lowest BCUT2D eigenvalue weighted by atomic mass is 10.0. The summed E-state index contributed by atoms with van der Waals surface area (Å²) in [6.45, 7) is 0. The maximum atomic E-state index is 5.80. The Labute approximate surface area is 116 Å². The van der Waals surface area contributed by atoms with Crippen molar-refractivity contribution in [3.8, 4) is 0 Å². The molecule has 2 bridgehead atoms. The first-order valence-electron chi connectivity index (χ1n) is 8.43. The number of amidine groups is 1. The fraction of sp³-hybridized carbons (Fsp3) is 0.938. The molecule has 4 aliphatic carbocycles. The van der Waals surface area contributed by atoms with E-state index >= 15 is 0 Å². The predicted molar refractivity (Wildman–Crippen MR) is 77.5 cm³/mol. The molecule has 0 radical (unpaired) electrons. The van der Waals surface area contributed by atoms with E-state index < -0.39 is 0 Å². The van der Waals surface area contributed by atoms with Crippen LogP contribution in [0, 0.1) is 29.6 Å². The fourth-order valence-corrected chi connectivity index (χ4v) is 5.49. The van der Waals surface area contributed by atoms with Crippen LogP contribution in [0.3, 0.4) is 0 Å². The standard InChI is InChI=1S/C16H27N3/c17-19-16(18-12-5-3-1-2-4-6-12)15-13-10-7-8-11(9-10)14(13)15/h10-15H,1-9,17H2,(H,18,19). The number of aliphatic imine (C=N–C) groups is 1. The normalized spacial score (nSPS) is 45.9. The molecule has 0 aromatic heterocycles. The number of rotatable bonds is 2. The van der Waals surface area contributed by atoms with Crippen LogP contribution in [-0.4, -0.2) is 11.9 Å². The van der Waals surface area contributed by atoms with Gasteiger partial charge in [0.15, 0.2) is 0 Å². The molecule has 4 fully saturated rings. The highest BCUT2D eigenvalue weighted by atomic mass is 15.3. The molecule has 19 heavy (non-hydrogen) atoms. The number of hydrogen-bond acceptors (Lipinski definition) is 2. The number of nitrogens with zero attached hydrogens (tertiary/aromatic N) is 1. The van der Waals surface area contributed by atoms with Gasteiger partial charge in [-0.05, 0) is 55.8 Å². The van der Waals surface area contributed by atoms with Crippen LogP contribution >= 0.6 is 0 Å². The summed E-state index contributed by atoms with van der Waals surface area (Å²) in [6.07, 6.45) is 12.5. The van der Waals surface area contributed by atoms with Crippen molar-refractivity contribution in [2.24, 2.45) is 40.4 Å². The molecule has 0 saturated heterocycles. The molecule has 0 spiro atoms. The van der Waals surface area contributed by atoms with Crippen LogP contribution < -0.4 is 11.3 Å². The van der Waals surface area contributed by atoms with Gasteiger partial charge in [0.1, 0.15) is 5.84 Å². The number of hydrogen-bond donors (Lipinski definition) is 2. The van der Waals surface area contributed by atoms with E-state index in [0.717, 1.165) is 23.7 Å². The zero-order valence-corrected chi connectivity index (χ0v) is 11.9. The largest absolute Gasteiger partial charge is 0.312 e. The van der Waals surface area contributed by atoms with Gasteiger partial charge < -0.3 is 5.43 Å². The Bertz CT molecular complexity index is 354. The fourth-order valence-electron chi connectivity index (χ4n) is 5.49. The number of fused-ring (bicyclic) bond motifs is 5. The molecule has 0 aromatic rings. The van der Waals surface area contributed by atoms with Gasteiger partial charge in [0.25, 0.3) is 0 Å². The van der Waals surface area contributed by atoms with Gasteiger partial charge in [0.05, 0.1) is 6.04 Å². The maximum absolute atomic E-state index is 5.80. The molecule has 4 aliphatic rings. The molecule has 0 aliphatic heterocycles.